The lowest BCUT2D eigenvalue weighted by atomic mass is 10.0. The lowest BCUT2D eigenvalue weighted by Gasteiger charge is -2.14. The summed E-state index contributed by atoms with van der Waals surface area (Å²) in [6.07, 6.45) is 2.94. The minimum absolute atomic E-state index is 0.168. The Balaban J connectivity index is 2.14. The zero-order valence-electron chi connectivity index (χ0n) is 8.51. The molecular formula is C10H19NO2. The van der Waals surface area contributed by atoms with E-state index < -0.39 is 0 Å². The molecule has 0 aliphatic carbocycles. The summed E-state index contributed by atoms with van der Waals surface area (Å²) in [5.74, 6) is 0.683. The maximum Gasteiger partial charge on any atom is 0.219 e. The number of rotatable bonds is 4. The summed E-state index contributed by atoms with van der Waals surface area (Å²) in [4.78, 5) is 11.2. The van der Waals surface area contributed by atoms with Gasteiger partial charge in [-0.05, 0) is 19.8 Å². The molecule has 76 valence electrons. The highest BCUT2D eigenvalue weighted by atomic mass is 16.5. The van der Waals surface area contributed by atoms with Crippen LogP contribution in [0, 0.1) is 5.92 Å². The van der Waals surface area contributed by atoms with E-state index in [9.17, 15) is 4.79 Å². The number of carbonyl (C=O) groups excluding carboxylic acids is 1. The Labute approximate surface area is 79.8 Å². The average Bonchev–Trinajstić information content (AvgIpc) is 2.48. The van der Waals surface area contributed by atoms with Gasteiger partial charge in [0.15, 0.2) is 0 Å². The Kier molecular flexibility index (Phi) is 4.22. The number of carbonyl (C=O) groups is 1. The Morgan fingerprint density at radius 2 is 2.38 bits per heavy atom. The third kappa shape index (κ3) is 3.35. The van der Waals surface area contributed by atoms with E-state index in [0.717, 1.165) is 26.0 Å². The summed E-state index contributed by atoms with van der Waals surface area (Å²) in [7, 11) is 0. The highest BCUT2D eigenvalue weighted by molar-refractivity contribution is 5.75. The number of hydrogen-bond donors (Lipinski definition) is 1. The molecule has 0 aromatic carbocycles. The minimum Gasteiger partial charge on any atom is -0.378 e. The number of hydrogen-bond acceptors (Lipinski definition) is 2. The Hall–Kier alpha value is -0.570. The molecule has 1 heterocycles. The van der Waals surface area contributed by atoms with E-state index in [1.165, 1.54) is 0 Å². The minimum atomic E-state index is 0.168. The zero-order valence-corrected chi connectivity index (χ0v) is 8.51. The van der Waals surface area contributed by atoms with Gasteiger partial charge in [0.1, 0.15) is 0 Å². The van der Waals surface area contributed by atoms with Crippen LogP contribution in [0.15, 0.2) is 0 Å². The van der Waals surface area contributed by atoms with Gasteiger partial charge >= 0.3 is 0 Å². The fraction of sp³-hybridized carbons (Fsp3) is 0.900. The monoisotopic (exact) mass is 185 g/mol. The van der Waals surface area contributed by atoms with Crippen molar-refractivity contribution in [3.05, 3.63) is 0 Å². The molecule has 1 amide bonds. The van der Waals surface area contributed by atoms with Crippen molar-refractivity contribution in [3.63, 3.8) is 0 Å². The van der Waals surface area contributed by atoms with Crippen molar-refractivity contribution in [2.24, 2.45) is 5.92 Å². The molecule has 1 fully saturated rings. The largest absolute Gasteiger partial charge is 0.378 e. The summed E-state index contributed by atoms with van der Waals surface area (Å²) in [6, 6.07) is 0. The van der Waals surface area contributed by atoms with Crippen LogP contribution in [0.25, 0.3) is 0 Å². The summed E-state index contributed by atoms with van der Waals surface area (Å²) >= 11 is 0. The molecule has 0 bridgehead atoms. The van der Waals surface area contributed by atoms with Crippen LogP contribution in [0.5, 0.6) is 0 Å². The number of amides is 1. The highest BCUT2D eigenvalue weighted by Crippen LogP contribution is 2.19. The van der Waals surface area contributed by atoms with Crippen LogP contribution in [0.1, 0.15) is 33.1 Å². The third-order valence-corrected chi connectivity index (χ3v) is 2.57. The smallest absolute Gasteiger partial charge is 0.219 e. The first-order chi connectivity index (χ1) is 6.24. The van der Waals surface area contributed by atoms with Gasteiger partial charge < -0.3 is 10.1 Å². The predicted octanol–water partition coefficient (Wildman–Crippen LogP) is 1.33. The second kappa shape index (κ2) is 5.22. The molecule has 0 radical (unpaired) electrons. The maximum atomic E-state index is 11.2. The molecule has 3 nitrogen and oxygen atoms in total. The fourth-order valence-electron chi connectivity index (χ4n) is 1.60. The standard InChI is InChI=1S/C10H19NO2/c1-3-4-10(12)11-7-9-5-6-13-8(9)2/h8-9H,3-7H2,1-2H3,(H,11,12). The van der Waals surface area contributed by atoms with Crippen LogP contribution < -0.4 is 5.32 Å². The van der Waals surface area contributed by atoms with Gasteiger partial charge in [0.05, 0.1) is 6.10 Å². The molecule has 1 N–H and O–H groups in total. The summed E-state index contributed by atoms with van der Waals surface area (Å²) in [6.45, 7) is 5.71. The molecule has 1 saturated heterocycles. The van der Waals surface area contributed by atoms with E-state index >= 15 is 0 Å². The van der Waals surface area contributed by atoms with E-state index in [1.807, 2.05) is 6.92 Å². The number of ether oxygens (including phenoxy) is 1. The van der Waals surface area contributed by atoms with Gasteiger partial charge in [-0.1, -0.05) is 6.92 Å². The Bertz CT molecular complexity index is 170. The van der Waals surface area contributed by atoms with Crippen LogP contribution in [0.2, 0.25) is 0 Å². The number of nitrogens with one attached hydrogen (secondary N) is 1. The molecule has 0 aromatic rings. The molecule has 13 heavy (non-hydrogen) atoms. The quantitative estimate of drug-likeness (QED) is 0.717. The van der Waals surface area contributed by atoms with Crippen LogP contribution in [-0.4, -0.2) is 25.2 Å². The normalized spacial score (nSPS) is 27.5. The second-order valence-electron chi connectivity index (χ2n) is 3.68. The van der Waals surface area contributed by atoms with Crippen LogP contribution in [0.4, 0.5) is 0 Å². The van der Waals surface area contributed by atoms with Crippen molar-refractivity contribution in [3.8, 4) is 0 Å². The van der Waals surface area contributed by atoms with Crippen molar-refractivity contribution in [1.29, 1.82) is 0 Å². The van der Waals surface area contributed by atoms with Gasteiger partial charge in [0, 0.05) is 25.5 Å². The van der Waals surface area contributed by atoms with Gasteiger partial charge in [0.2, 0.25) is 5.91 Å². The van der Waals surface area contributed by atoms with E-state index in [-0.39, 0.29) is 5.91 Å². The topological polar surface area (TPSA) is 38.3 Å². The van der Waals surface area contributed by atoms with Crippen molar-refractivity contribution >= 4 is 5.91 Å². The van der Waals surface area contributed by atoms with Gasteiger partial charge in [0.25, 0.3) is 0 Å². The molecule has 2 atom stereocenters. The van der Waals surface area contributed by atoms with Crippen molar-refractivity contribution in [2.75, 3.05) is 13.2 Å². The molecule has 1 rings (SSSR count). The van der Waals surface area contributed by atoms with Crippen LogP contribution >= 0.6 is 0 Å². The lowest BCUT2D eigenvalue weighted by molar-refractivity contribution is -0.121. The fourth-order valence-corrected chi connectivity index (χ4v) is 1.60. The van der Waals surface area contributed by atoms with Crippen molar-refractivity contribution in [2.45, 2.75) is 39.2 Å². The molecule has 2 unspecified atom stereocenters. The predicted molar refractivity (Wildman–Crippen MR) is 51.4 cm³/mol. The second-order valence-corrected chi connectivity index (χ2v) is 3.68. The summed E-state index contributed by atoms with van der Waals surface area (Å²) in [5, 5.41) is 2.94. The van der Waals surface area contributed by atoms with Crippen molar-refractivity contribution in [1.82, 2.24) is 5.32 Å². The average molecular weight is 185 g/mol. The van der Waals surface area contributed by atoms with E-state index in [0.29, 0.717) is 18.4 Å². The lowest BCUT2D eigenvalue weighted by Crippen LogP contribution is -2.31. The molecule has 0 saturated carbocycles. The molecule has 0 aromatic heterocycles. The molecule has 1 aliphatic rings. The molecule has 0 spiro atoms. The molecule has 3 heteroatoms. The SMILES string of the molecule is CCCC(=O)NCC1CCOC1C. The van der Waals surface area contributed by atoms with E-state index in [1.54, 1.807) is 0 Å². The third-order valence-electron chi connectivity index (χ3n) is 2.57. The van der Waals surface area contributed by atoms with Gasteiger partial charge in [-0.3, -0.25) is 4.79 Å². The highest BCUT2D eigenvalue weighted by Gasteiger charge is 2.24. The zero-order chi connectivity index (χ0) is 9.68. The van der Waals surface area contributed by atoms with Crippen LogP contribution in [0.3, 0.4) is 0 Å². The summed E-state index contributed by atoms with van der Waals surface area (Å²) in [5.41, 5.74) is 0. The van der Waals surface area contributed by atoms with E-state index in [2.05, 4.69) is 12.2 Å². The first-order valence-electron chi connectivity index (χ1n) is 5.12. The molecular weight excluding hydrogens is 166 g/mol. The first kappa shape index (κ1) is 10.5. The maximum absolute atomic E-state index is 11.2. The Morgan fingerprint density at radius 1 is 1.62 bits per heavy atom. The first-order valence-corrected chi connectivity index (χ1v) is 5.12. The summed E-state index contributed by atoms with van der Waals surface area (Å²) < 4.78 is 5.41. The van der Waals surface area contributed by atoms with Crippen LogP contribution in [-0.2, 0) is 9.53 Å². The molecule has 1 aliphatic heterocycles. The van der Waals surface area contributed by atoms with Crippen molar-refractivity contribution < 1.29 is 9.53 Å². The Morgan fingerprint density at radius 3 is 2.92 bits per heavy atom. The van der Waals surface area contributed by atoms with Gasteiger partial charge in [-0.25, -0.2) is 0 Å². The van der Waals surface area contributed by atoms with Gasteiger partial charge in [-0.15, -0.1) is 0 Å². The van der Waals surface area contributed by atoms with E-state index in [4.69, 9.17) is 4.74 Å². The van der Waals surface area contributed by atoms with Gasteiger partial charge in [-0.2, -0.15) is 0 Å².